The van der Waals surface area contributed by atoms with Crippen LogP contribution in [0.2, 0.25) is 0 Å². The molecule has 7 nitrogen and oxygen atoms in total. The third-order valence-corrected chi connectivity index (χ3v) is 6.57. The molecule has 0 aromatic heterocycles. The molecule has 33 heavy (non-hydrogen) atoms. The van der Waals surface area contributed by atoms with Gasteiger partial charge in [-0.3, -0.25) is 9.69 Å². The Kier molecular flexibility index (Phi) is 11.0. The number of hydrogen-bond donors (Lipinski definition) is 1. The number of carbonyl (C=O) groups is 3. The van der Waals surface area contributed by atoms with Crippen molar-refractivity contribution in [1.82, 2.24) is 4.90 Å². The number of nitrogens with zero attached hydrogens (tertiary/aromatic N) is 2. The van der Waals surface area contributed by atoms with Crippen molar-refractivity contribution in [3.8, 4) is 0 Å². The highest BCUT2D eigenvalue weighted by Crippen LogP contribution is 2.26. The number of quaternary nitrogens is 1. The summed E-state index contributed by atoms with van der Waals surface area (Å²) in [4.78, 5) is 40.9. The number of ether oxygens (including phenoxy) is 1. The second-order valence-electron chi connectivity index (χ2n) is 9.27. The molecule has 1 aromatic carbocycles. The largest absolute Gasteiger partial charge is 0.481 e. The van der Waals surface area contributed by atoms with Crippen LogP contribution in [0.1, 0.15) is 70.8 Å². The molecular formula is C26H41N2O5+. The first-order valence-electron chi connectivity index (χ1n) is 12.4. The van der Waals surface area contributed by atoms with Gasteiger partial charge in [-0.1, -0.05) is 69.9 Å². The van der Waals surface area contributed by atoms with E-state index in [1.165, 1.54) is 0 Å². The van der Waals surface area contributed by atoms with Crippen LogP contribution in [-0.2, 0) is 20.9 Å². The van der Waals surface area contributed by atoms with E-state index in [2.05, 4.69) is 6.92 Å². The summed E-state index contributed by atoms with van der Waals surface area (Å²) in [6.07, 6.45) is 6.19. The Balaban J connectivity index is 2.09. The Hall–Kier alpha value is -2.25. The maximum atomic E-state index is 13.7. The van der Waals surface area contributed by atoms with Gasteiger partial charge in [-0.05, 0) is 31.2 Å². The first-order valence-corrected chi connectivity index (χ1v) is 12.4. The third-order valence-electron chi connectivity index (χ3n) is 6.57. The van der Waals surface area contributed by atoms with E-state index >= 15 is 0 Å². The molecule has 1 aromatic rings. The third kappa shape index (κ3) is 7.37. The number of benzene rings is 1. The number of carboxylic acids is 1. The van der Waals surface area contributed by atoms with Crippen LogP contribution in [0.15, 0.2) is 30.3 Å². The van der Waals surface area contributed by atoms with Crippen molar-refractivity contribution in [2.45, 2.75) is 77.9 Å². The summed E-state index contributed by atoms with van der Waals surface area (Å²) in [5, 5.41) is 9.78. The standard InChI is InChI=1S/C26H40N2O5/c1-4-6-7-11-16-23(25(30)31)24(29)28(3,18-5-2)26(32)27-17-12-15-22(27)20-33-19-21-13-9-8-10-14-21/h8-10,13-14,22-23H,4-7,11-12,15-20H2,1-3H3/p+1/t22-,23-,28-/m0/s1. The number of aliphatic carboxylic acids is 1. The van der Waals surface area contributed by atoms with E-state index in [0.29, 0.717) is 39.1 Å². The first-order chi connectivity index (χ1) is 15.8. The topological polar surface area (TPSA) is 83.9 Å². The molecule has 1 aliphatic heterocycles. The summed E-state index contributed by atoms with van der Waals surface area (Å²) in [6, 6.07) is 9.48. The van der Waals surface area contributed by atoms with Crippen LogP contribution >= 0.6 is 0 Å². The van der Waals surface area contributed by atoms with E-state index in [9.17, 15) is 19.5 Å². The Bertz CT molecular complexity index is 769. The van der Waals surface area contributed by atoms with E-state index in [4.69, 9.17) is 4.74 Å². The van der Waals surface area contributed by atoms with Gasteiger partial charge in [-0.15, -0.1) is 0 Å². The van der Waals surface area contributed by atoms with Crippen LogP contribution in [0.4, 0.5) is 4.79 Å². The summed E-state index contributed by atoms with van der Waals surface area (Å²) in [7, 11) is 1.59. The van der Waals surface area contributed by atoms with Crippen molar-refractivity contribution >= 4 is 17.9 Å². The lowest BCUT2D eigenvalue weighted by Gasteiger charge is -2.35. The Morgan fingerprint density at radius 1 is 1.12 bits per heavy atom. The molecule has 2 rings (SSSR count). The van der Waals surface area contributed by atoms with Crippen LogP contribution < -0.4 is 0 Å². The number of unbranched alkanes of at least 4 members (excludes halogenated alkanes) is 3. The molecule has 1 aliphatic rings. The SMILES string of the molecule is CCCCCC[C@H](C(=O)O)C(=O)[N@+](C)(CCC)C(=O)N1CCC[C@H]1COCc1ccccc1. The molecule has 0 bridgehead atoms. The fraction of sp³-hybridized carbons (Fsp3) is 0.654. The second kappa shape index (κ2) is 13.5. The summed E-state index contributed by atoms with van der Waals surface area (Å²) in [5.74, 6) is -2.78. The number of amides is 3. The average molecular weight is 462 g/mol. The Labute approximate surface area is 198 Å². The molecule has 0 radical (unpaired) electrons. The molecule has 0 spiro atoms. The number of imide groups is 1. The fourth-order valence-corrected chi connectivity index (χ4v) is 4.65. The maximum absolute atomic E-state index is 13.7. The molecule has 0 aliphatic carbocycles. The number of carbonyl (C=O) groups excluding carboxylic acids is 2. The first kappa shape index (κ1) is 27.0. The molecule has 0 saturated carbocycles. The average Bonchev–Trinajstić information content (AvgIpc) is 3.27. The van der Waals surface area contributed by atoms with Gasteiger partial charge in [0.05, 0.1) is 32.8 Å². The van der Waals surface area contributed by atoms with E-state index < -0.39 is 22.3 Å². The zero-order valence-electron chi connectivity index (χ0n) is 20.5. The molecule has 3 amide bonds. The summed E-state index contributed by atoms with van der Waals surface area (Å²) in [6.45, 7) is 5.74. The normalized spacial score (nSPS) is 18.6. The minimum atomic E-state index is -1.15. The molecule has 7 heteroatoms. The van der Waals surface area contributed by atoms with Crippen LogP contribution in [0.3, 0.4) is 0 Å². The zero-order valence-corrected chi connectivity index (χ0v) is 20.5. The molecule has 1 fully saturated rings. The number of carboxylic acid groups (broad SMARTS) is 1. The van der Waals surface area contributed by atoms with Gasteiger partial charge >= 0.3 is 17.9 Å². The van der Waals surface area contributed by atoms with Crippen molar-refractivity contribution in [3.63, 3.8) is 0 Å². The monoisotopic (exact) mass is 461 g/mol. The van der Waals surface area contributed by atoms with E-state index in [1.807, 2.05) is 37.3 Å². The number of hydrogen-bond acceptors (Lipinski definition) is 4. The number of urea groups is 1. The van der Waals surface area contributed by atoms with Gasteiger partial charge in [0.2, 0.25) is 0 Å². The summed E-state index contributed by atoms with van der Waals surface area (Å²) in [5.41, 5.74) is 1.07. The van der Waals surface area contributed by atoms with Crippen LogP contribution in [0.5, 0.6) is 0 Å². The maximum Gasteiger partial charge on any atom is 0.426 e. The van der Waals surface area contributed by atoms with Gasteiger partial charge in [0.15, 0.2) is 5.92 Å². The molecule has 1 N–H and O–H groups in total. The van der Waals surface area contributed by atoms with Gasteiger partial charge in [-0.2, -0.15) is 4.48 Å². The molecule has 3 atom stereocenters. The summed E-state index contributed by atoms with van der Waals surface area (Å²) < 4.78 is 5.41. The molecular weight excluding hydrogens is 420 g/mol. The van der Waals surface area contributed by atoms with Crippen molar-refractivity contribution in [1.29, 1.82) is 0 Å². The lowest BCUT2D eigenvalue weighted by molar-refractivity contribution is -0.758. The zero-order chi connectivity index (χ0) is 24.3. The van der Waals surface area contributed by atoms with Gasteiger partial charge in [-0.25, -0.2) is 9.59 Å². The molecule has 0 unspecified atom stereocenters. The lowest BCUT2D eigenvalue weighted by atomic mass is 9.98. The second-order valence-corrected chi connectivity index (χ2v) is 9.27. The minimum Gasteiger partial charge on any atom is -0.481 e. The van der Waals surface area contributed by atoms with E-state index in [-0.39, 0.29) is 18.5 Å². The Morgan fingerprint density at radius 2 is 1.85 bits per heavy atom. The van der Waals surface area contributed by atoms with Crippen molar-refractivity contribution in [3.05, 3.63) is 35.9 Å². The van der Waals surface area contributed by atoms with Crippen LogP contribution in [0, 0.1) is 5.92 Å². The van der Waals surface area contributed by atoms with E-state index in [1.54, 1.807) is 11.9 Å². The van der Waals surface area contributed by atoms with Crippen molar-refractivity contribution < 1.29 is 28.7 Å². The number of rotatable bonds is 13. The lowest BCUT2D eigenvalue weighted by Crippen LogP contribution is -2.63. The molecule has 184 valence electrons. The van der Waals surface area contributed by atoms with Crippen LogP contribution in [-0.4, -0.2) is 65.2 Å². The summed E-state index contributed by atoms with van der Waals surface area (Å²) >= 11 is 0. The van der Waals surface area contributed by atoms with E-state index in [0.717, 1.165) is 37.7 Å². The fourth-order valence-electron chi connectivity index (χ4n) is 4.65. The smallest absolute Gasteiger partial charge is 0.426 e. The van der Waals surface area contributed by atoms with Gasteiger partial charge in [0.1, 0.15) is 0 Å². The predicted molar refractivity (Wildman–Crippen MR) is 127 cm³/mol. The van der Waals surface area contributed by atoms with Gasteiger partial charge in [0.25, 0.3) is 0 Å². The Morgan fingerprint density at radius 3 is 2.48 bits per heavy atom. The van der Waals surface area contributed by atoms with Gasteiger partial charge in [0, 0.05) is 6.54 Å². The minimum absolute atomic E-state index is 0.101. The number of likely N-dealkylation sites (tertiary alicyclic amines) is 1. The quantitative estimate of drug-likeness (QED) is 0.258. The van der Waals surface area contributed by atoms with Crippen LogP contribution in [0.25, 0.3) is 0 Å². The highest BCUT2D eigenvalue weighted by molar-refractivity contribution is 5.97. The predicted octanol–water partition coefficient (Wildman–Crippen LogP) is 4.84. The van der Waals surface area contributed by atoms with Gasteiger partial charge < -0.3 is 9.84 Å². The van der Waals surface area contributed by atoms with Crippen molar-refractivity contribution in [2.24, 2.45) is 5.92 Å². The highest BCUT2D eigenvalue weighted by Gasteiger charge is 2.50. The molecule has 1 saturated heterocycles. The molecule has 1 heterocycles. The van der Waals surface area contributed by atoms with Crippen molar-refractivity contribution in [2.75, 3.05) is 26.7 Å². The highest BCUT2D eigenvalue weighted by atomic mass is 16.5.